The van der Waals surface area contributed by atoms with Gasteiger partial charge in [-0.2, -0.15) is 5.10 Å². The molecule has 0 radical (unpaired) electrons. The third kappa shape index (κ3) is 3.45. The second-order valence-corrected chi connectivity index (χ2v) is 6.93. The number of aromatic nitrogens is 2. The predicted octanol–water partition coefficient (Wildman–Crippen LogP) is 4.52. The van der Waals surface area contributed by atoms with Crippen LogP contribution in [0, 0.1) is 6.92 Å². The Labute approximate surface area is 159 Å². The molecule has 2 aromatic heterocycles. The predicted molar refractivity (Wildman–Crippen MR) is 109 cm³/mol. The monoisotopic (exact) mass is 376 g/mol. The molecular weight excluding hydrogens is 360 g/mol. The summed E-state index contributed by atoms with van der Waals surface area (Å²) in [7, 11) is 0. The molecule has 4 rings (SSSR count). The van der Waals surface area contributed by atoms with Crippen LogP contribution in [0.3, 0.4) is 0 Å². The standard InChI is InChI=1S/C20H16N4O2S/c1-12-22-19(24-21-11-14-8-5-9-16(25)18(14)26)15-10-17(27-20(15)23-12)13-6-3-2-4-7-13/h2-11,25-26H,1H3,(H,22,23,24)/b21-11+. The molecule has 0 saturated carbocycles. The molecule has 0 saturated heterocycles. The van der Waals surface area contributed by atoms with Gasteiger partial charge in [0.2, 0.25) is 0 Å². The number of rotatable bonds is 4. The van der Waals surface area contributed by atoms with Crippen LogP contribution in [0.5, 0.6) is 11.5 Å². The van der Waals surface area contributed by atoms with E-state index >= 15 is 0 Å². The minimum absolute atomic E-state index is 0.190. The topological polar surface area (TPSA) is 90.6 Å². The molecule has 0 aliphatic rings. The highest BCUT2D eigenvalue weighted by atomic mass is 32.1. The van der Waals surface area contributed by atoms with Gasteiger partial charge < -0.3 is 10.2 Å². The van der Waals surface area contributed by atoms with E-state index in [-0.39, 0.29) is 11.5 Å². The number of benzene rings is 2. The number of hydrazone groups is 1. The van der Waals surface area contributed by atoms with Crippen LogP contribution < -0.4 is 5.43 Å². The molecule has 0 spiro atoms. The van der Waals surface area contributed by atoms with Crippen molar-refractivity contribution in [1.82, 2.24) is 9.97 Å². The maximum absolute atomic E-state index is 9.85. The van der Waals surface area contributed by atoms with Gasteiger partial charge in [0.15, 0.2) is 17.3 Å². The SMILES string of the molecule is Cc1nc(N/N=C/c2cccc(O)c2O)c2cc(-c3ccccc3)sc2n1. The van der Waals surface area contributed by atoms with Crippen molar-refractivity contribution >= 4 is 33.6 Å². The summed E-state index contributed by atoms with van der Waals surface area (Å²) < 4.78 is 0. The first-order valence-electron chi connectivity index (χ1n) is 8.25. The van der Waals surface area contributed by atoms with Gasteiger partial charge in [-0.1, -0.05) is 36.4 Å². The molecular formula is C20H16N4O2S. The van der Waals surface area contributed by atoms with Gasteiger partial charge in [-0.15, -0.1) is 11.3 Å². The summed E-state index contributed by atoms with van der Waals surface area (Å²) in [5.41, 5.74) is 4.45. The fourth-order valence-corrected chi connectivity index (χ4v) is 3.76. The molecule has 2 aromatic carbocycles. The molecule has 3 N–H and O–H groups in total. The molecule has 0 amide bonds. The molecule has 6 nitrogen and oxygen atoms in total. The molecule has 4 aromatic rings. The number of hydrogen-bond acceptors (Lipinski definition) is 7. The van der Waals surface area contributed by atoms with Gasteiger partial charge in [0.1, 0.15) is 10.7 Å². The fourth-order valence-electron chi connectivity index (χ4n) is 2.67. The lowest BCUT2D eigenvalue weighted by Gasteiger charge is -2.03. The van der Waals surface area contributed by atoms with Crippen molar-refractivity contribution in [2.45, 2.75) is 6.92 Å². The molecule has 27 heavy (non-hydrogen) atoms. The zero-order valence-electron chi connectivity index (χ0n) is 14.4. The first kappa shape index (κ1) is 17.0. The first-order valence-corrected chi connectivity index (χ1v) is 9.07. The van der Waals surface area contributed by atoms with Crippen LogP contribution in [0.1, 0.15) is 11.4 Å². The molecule has 0 unspecified atom stereocenters. The summed E-state index contributed by atoms with van der Waals surface area (Å²) in [4.78, 5) is 10.9. The van der Waals surface area contributed by atoms with Crippen LogP contribution in [0.4, 0.5) is 5.82 Å². The Morgan fingerprint density at radius 3 is 2.67 bits per heavy atom. The average molecular weight is 376 g/mol. The molecule has 0 fully saturated rings. The van der Waals surface area contributed by atoms with Gasteiger partial charge in [0, 0.05) is 10.4 Å². The summed E-state index contributed by atoms with van der Waals surface area (Å²) in [5.74, 6) is 0.826. The number of thiophene rings is 1. The Kier molecular flexibility index (Phi) is 4.43. The van der Waals surface area contributed by atoms with E-state index in [2.05, 4.69) is 32.6 Å². The lowest BCUT2D eigenvalue weighted by atomic mass is 10.2. The minimum atomic E-state index is -0.214. The van der Waals surface area contributed by atoms with E-state index in [9.17, 15) is 10.2 Å². The van der Waals surface area contributed by atoms with Gasteiger partial charge in [-0.3, -0.25) is 5.43 Å². The zero-order valence-corrected chi connectivity index (χ0v) is 15.2. The summed E-state index contributed by atoms with van der Waals surface area (Å²) in [6.45, 7) is 1.83. The van der Waals surface area contributed by atoms with Crippen molar-refractivity contribution in [3.05, 3.63) is 66.0 Å². The van der Waals surface area contributed by atoms with E-state index in [1.165, 1.54) is 12.3 Å². The smallest absolute Gasteiger partial charge is 0.166 e. The van der Waals surface area contributed by atoms with Crippen LogP contribution in [-0.4, -0.2) is 26.4 Å². The number of phenols is 2. The van der Waals surface area contributed by atoms with Gasteiger partial charge in [-0.05, 0) is 30.7 Å². The summed E-state index contributed by atoms with van der Waals surface area (Å²) >= 11 is 1.60. The number of aryl methyl sites for hydroxylation is 1. The maximum Gasteiger partial charge on any atom is 0.166 e. The van der Waals surface area contributed by atoms with Crippen molar-refractivity contribution in [3.63, 3.8) is 0 Å². The second kappa shape index (κ2) is 7.05. The number of fused-ring (bicyclic) bond motifs is 1. The van der Waals surface area contributed by atoms with E-state index in [1.807, 2.05) is 31.2 Å². The largest absolute Gasteiger partial charge is 0.504 e. The molecule has 7 heteroatoms. The van der Waals surface area contributed by atoms with E-state index in [4.69, 9.17) is 0 Å². The Bertz CT molecular complexity index is 1140. The normalized spacial score (nSPS) is 11.3. The zero-order chi connectivity index (χ0) is 18.8. The molecule has 0 bridgehead atoms. The number of hydrogen-bond donors (Lipinski definition) is 3. The third-order valence-electron chi connectivity index (χ3n) is 3.98. The van der Waals surface area contributed by atoms with Crippen molar-refractivity contribution in [2.75, 3.05) is 5.43 Å². The van der Waals surface area contributed by atoms with E-state index in [0.717, 1.165) is 20.7 Å². The molecule has 0 atom stereocenters. The van der Waals surface area contributed by atoms with Crippen molar-refractivity contribution in [2.24, 2.45) is 5.10 Å². The minimum Gasteiger partial charge on any atom is -0.504 e. The first-order chi connectivity index (χ1) is 13.1. The Balaban J connectivity index is 1.68. The Morgan fingerprint density at radius 2 is 1.85 bits per heavy atom. The summed E-state index contributed by atoms with van der Waals surface area (Å²) in [6.07, 6.45) is 1.43. The number of aromatic hydroxyl groups is 2. The Morgan fingerprint density at radius 1 is 1.04 bits per heavy atom. The molecule has 134 valence electrons. The van der Waals surface area contributed by atoms with E-state index in [1.54, 1.807) is 23.5 Å². The van der Waals surface area contributed by atoms with Crippen molar-refractivity contribution < 1.29 is 10.2 Å². The van der Waals surface area contributed by atoms with Gasteiger partial charge in [0.05, 0.1) is 11.6 Å². The Hall–Kier alpha value is -3.45. The summed E-state index contributed by atoms with van der Waals surface area (Å²) in [5, 5.41) is 24.4. The van der Waals surface area contributed by atoms with Crippen LogP contribution in [0.15, 0.2) is 59.7 Å². The number of nitrogens with one attached hydrogen (secondary N) is 1. The summed E-state index contributed by atoms with van der Waals surface area (Å²) in [6, 6.07) is 16.8. The molecule has 0 aliphatic carbocycles. The average Bonchev–Trinajstić information content (AvgIpc) is 3.10. The van der Waals surface area contributed by atoms with Crippen molar-refractivity contribution in [3.8, 4) is 21.9 Å². The number of anilines is 1. The fraction of sp³-hybridized carbons (Fsp3) is 0.0500. The highest BCUT2D eigenvalue weighted by molar-refractivity contribution is 7.21. The van der Waals surface area contributed by atoms with Crippen LogP contribution >= 0.6 is 11.3 Å². The van der Waals surface area contributed by atoms with Crippen molar-refractivity contribution in [1.29, 1.82) is 0 Å². The quantitative estimate of drug-likeness (QED) is 0.277. The highest BCUT2D eigenvalue weighted by Crippen LogP contribution is 2.35. The van der Waals surface area contributed by atoms with E-state index in [0.29, 0.717) is 17.2 Å². The van der Waals surface area contributed by atoms with Crippen LogP contribution in [-0.2, 0) is 0 Å². The van der Waals surface area contributed by atoms with E-state index < -0.39 is 0 Å². The second-order valence-electron chi connectivity index (χ2n) is 5.90. The molecule has 2 heterocycles. The molecule has 0 aliphatic heterocycles. The van der Waals surface area contributed by atoms with Gasteiger partial charge in [0.25, 0.3) is 0 Å². The highest BCUT2D eigenvalue weighted by Gasteiger charge is 2.11. The number of para-hydroxylation sites is 1. The third-order valence-corrected chi connectivity index (χ3v) is 5.06. The van der Waals surface area contributed by atoms with Gasteiger partial charge in [-0.25, -0.2) is 9.97 Å². The van der Waals surface area contributed by atoms with Crippen LogP contribution in [0.2, 0.25) is 0 Å². The van der Waals surface area contributed by atoms with Gasteiger partial charge >= 0.3 is 0 Å². The maximum atomic E-state index is 9.85. The lowest BCUT2D eigenvalue weighted by molar-refractivity contribution is 0.403. The number of nitrogens with zero attached hydrogens (tertiary/aromatic N) is 3. The number of phenolic OH excluding ortho intramolecular Hbond substituents is 2. The lowest BCUT2D eigenvalue weighted by Crippen LogP contribution is -1.97. The van der Waals surface area contributed by atoms with Crippen LogP contribution in [0.25, 0.3) is 20.7 Å².